The predicted octanol–water partition coefficient (Wildman–Crippen LogP) is 8.72. The number of halogens is 3. The van der Waals surface area contributed by atoms with E-state index in [1.807, 2.05) is 36.4 Å². The van der Waals surface area contributed by atoms with E-state index in [0.717, 1.165) is 35.3 Å². The number of hydrogen-bond acceptors (Lipinski definition) is 5. The lowest BCUT2D eigenvalue weighted by molar-refractivity contribution is 0.0600. The average molecular weight is 555 g/mol. The van der Waals surface area contributed by atoms with Crippen LogP contribution in [-0.2, 0) is 11.3 Å². The zero-order chi connectivity index (χ0) is 25.9. The quantitative estimate of drug-likeness (QED) is 0.161. The van der Waals surface area contributed by atoms with Crippen molar-refractivity contribution in [2.45, 2.75) is 25.4 Å². The maximum absolute atomic E-state index is 11.6. The third-order valence-corrected chi connectivity index (χ3v) is 7.07. The minimum atomic E-state index is -0.369. The Bertz CT molecular complexity index is 1450. The van der Waals surface area contributed by atoms with E-state index in [-0.39, 0.29) is 12.6 Å². The Kier molecular flexibility index (Phi) is 7.56. The molecular weight excluding hydrogens is 533 g/mol. The van der Waals surface area contributed by atoms with Gasteiger partial charge in [-0.3, -0.25) is 0 Å². The lowest BCUT2D eigenvalue weighted by Gasteiger charge is -2.10. The number of carbonyl (C=O) groups excluding carboxylic acids is 1. The first kappa shape index (κ1) is 25.4. The van der Waals surface area contributed by atoms with Crippen molar-refractivity contribution in [3.63, 3.8) is 0 Å². The molecule has 0 N–H and O–H groups in total. The maximum Gasteiger partial charge on any atom is 0.337 e. The van der Waals surface area contributed by atoms with Gasteiger partial charge >= 0.3 is 5.97 Å². The maximum atomic E-state index is 11.6. The number of rotatable bonds is 8. The fraction of sp³-hybridized carbons (Fsp3) is 0.172. The van der Waals surface area contributed by atoms with Crippen LogP contribution in [0, 0.1) is 0 Å². The fourth-order valence-electron chi connectivity index (χ4n) is 3.97. The van der Waals surface area contributed by atoms with Crippen molar-refractivity contribution in [2.24, 2.45) is 0 Å². The molecule has 5 nitrogen and oxygen atoms in total. The predicted molar refractivity (Wildman–Crippen MR) is 146 cm³/mol. The van der Waals surface area contributed by atoms with Crippen LogP contribution in [0.4, 0.5) is 0 Å². The zero-order valence-electron chi connectivity index (χ0n) is 19.8. The molecule has 1 aliphatic rings. The molecule has 0 spiro atoms. The summed E-state index contributed by atoms with van der Waals surface area (Å²) in [5.41, 5.74) is 4.33. The minimum absolute atomic E-state index is 0.240. The van der Waals surface area contributed by atoms with Crippen molar-refractivity contribution in [3.05, 3.63) is 104 Å². The molecule has 1 fully saturated rings. The van der Waals surface area contributed by atoms with Crippen LogP contribution in [0.25, 0.3) is 23.4 Å². The second-order valence-corrected chi connectivity index (χ2v) is 9.89. The third-order valence-electron chi connectivity index (χ3n) is 6.11. The first-order valence-corrected chi connectivity index (χ1v) is 12.8. The van der Waals surface area contributed by atoms with Crippen molar-refractivity contribution in [2.75, 3.05) is 7.11 Å². The molecule has 0 bridgehead atoms. The Morgan fingerprint density at radius 3 is 2.38 bits per heavy atom. The van der Waals surface area contributed by atoms with Crippen LogP contribution in [0.2, 0.25) is 15.1 Å². The molecule has 0 atom stereocenters. The number of nitrogens with zero attached hydrogens (tertiary/aromatic N) is 1. The molecule has 1 heterocycles. The fourth-order valence-corrected chi connectivity index (χ4v) is 4.78. The summed E-state index contributed by atoms with van der Waals surface area (Å²) in [6.07, 6.45) is 5.93. The van der Waals surface area contributed by atoms with Crippen molar-refractivity contribution in [1.82, 2.24) is 5.16 Å². The summed E-state index contributed by atoms with van der Waals surface area (Å²) >= 11 is 19.4. The Labute approximate surface area is 229 Å². The highest BCUT2D eigenvalue weighted by atomic mass is 35.5. The molecule has 0 unspecified atom stereocenters. The molecular formula is C29H22Cl3NO4. The van der Waals surface area contributed by atoms with Crippen molar-refractivity contribution >= 4 is 52.9 Å². The second-order valence-electron chi connectivity index (χ2n) is 8.66. The van der Waals surface area contributed by atoms with Gasteiger partial charge in [-0.2, -0.15) is 0 Å². The van der Waals surface area contributed by atoms with E-state index in [0.29, 0.717) is 43.6 Å². The van der Waals surface area contributed by atoms with Crippen molar-refractivity contribution in [3.8, 4) is 17.0 Å². The summed E-state index contributed by atoms with van der Waals surface area (Å²) in [7, 11) is 1.36. The molecule has 188 valence electrons. The highest BCUT2D eigenvalue weighted by Gasteiger charge is 2.33. The zero-order valence-corrected chi connectivity index (χ0v) is 22.1. The van der Waals surface area contributed by atoms with Gasteiger partial charge in [-0.1, -0.05) is 70.3 Å². The standard InChI is InChI=1S/C29H22Cl3NO4/c1-35-29(34)20-9-6-17(7-10-20)5-8-18-13-14-21(15-25(18)32)36-16-22-27(33-37-28(22)19-11-12-19)26-23(30)3-2-4-24(26)31/h2-10,13-15,19H,11-12,16H2,1H3. The Hall–Kier alpha value is -3.25. The molecule has 1 aliphatic carbocycles. The summed E-state index contributed by atoms with van der Waals surface area (Å²) in [4.78, 5) is 11.6. The van der Waals surface area contributed by atoms with Crippen LogP contribution >= 0.6 is 34.8 Å². The molecule has 8 heteroatoms. The number of hydrogen-bond donors (Lipinski definition) is 0. The van der Waals surface area contributed by atoms with E-state index < -0.39 is 0 Å². The number of aromatic nitrogens is 1. The largest absolute Gasteiger partial charge is 0.489 e. The molecule has 0 aliphatic heterocycles. The molecule has 4 aromatic rings. The Morgan fingerprint density at radius 2 is 1.73 bits per heavy atom. The van der Waals surface area contributed by atoms with E-state index in [1.165, 1.54) is 7.11 Å². The first-order valence-electron chi connectivity index (χ1n) is 11.7. The van der Waals surface area contributed by atoms with Gasteiger partial charge in [0, 0.05) is 11.5 Å². The minimum Gasteiger partial charge on any atom is -0.489 e. The van der Waals surface area contributed by atoms with Gasteiger partial charge in [-0.15, -0.1) is 0 Å². The molecule has 0 saturated heterocycles. The van der Waals surface area contributed by atoms with Crippen LogP contribution in [-0.4, -0.2) is 18.2 Å². The molecule has 37 heavy (non-hydrogen) atoms. The average Bonchev–Trinajstić information content (AvgIpc) is 3.67. The van der Waals surface area contributed by atoms with Crippen LogP contribution in [0.5, 0.6) is 5.75 Å². The van der Waals surface area contributed by atoms with Gasteiger partial charge in [0.2, 0.25) is 0 Å². The van der Waals surface area contributed by atoms with Gasteiger partial charge < -0.3 is 14.0 Å². The number of esters is 1. The van der Waals surface area contributed by atoms with Crippen LogP contribution in [0.1, 0.15) is 51.6 Å². The lowest BCUT2D eigenvalue weighted by Crippen LogP contribution is -2.00. The van der Waals surface area contributed by atoms with Crippen LogP contribution in [0.15, 0.2) is 65.2 Å². The first-order chi connectivity index (χ1) is 17.9. The SMILES string of the molecule is COC(=O)c1ccc(C=Cc2ccc(OCc3c(-c4c(Cl)cccc4Cl)noc3C3CC3)cc2Cl)cc1. The molecule has 1 aromatic heterocycles. The monoisotopic (exact) mass is 553 g/mol. The number of carbonyl (C=O) groups is 1. The lowest BCUT2D eigenvalue weighted by atomic mass is 10.0. The van der Waals surface area contributed by atoms with E-state index in [4.69, 9.17) is 48.8 Å². The number of ether oxygens (including phenoxy) is 2. The Morgan fingerprint density at radius 1 is 1.00 bits per heavy atom. The van der Waals surface area contributed by atoms with Crippen LogP contribution < -0.4 is 4.74 Å². The van der Waals surface area contributed by atoms with Gasteiger partial charge in [0.25, 0.3) is 0 Å². The highest BCUT2D eigenvalue weighted by molar-refractivity contribution is 6.39. The molecule has 0 amide bonds. The third kappa shape index (κ3) is 5.69. The van der Waals surface area contributed by atoms with Gasteiger partial charge in [-0.05, 0) is 66.4 Å². The molecule has 0 radical (unpaired) electrons. The summed E-state index contributed by atoms with van der Waals surface area (Å²) in [5.74, 6) is 1.39. The summed E-state index contributed by atoms with van der Waals surface area (Å²) in [6, 6.07) is 18.0. The van der Waals surface area contributed by atoms with Gasteiger partial charge in [0.15, 0.2) is 0 Å². The van der Waals surface area contributed by atoms with E-state index in [9.17, 15) is 4.79 Å². The summed E-state index contributed by atoms with van der Waals surface area (Å²) in [6.45, 7) is 0.240. The Balaban J connectivity index is 1.32. The van der Waals surface area contributed by atoms with Gasteiger partial charge in [0.05, 0.1) is 33.3 Å². The number of benzene rings is 3. The van der Waals surface area contributed by atoms with Crippen molar-refractivity contribution in [1.29, 1.82) is 0 Å². The molecule has 5 rings (SSSR count). The second kappa shape index (κ2) is 11.0. The van der Waals surface area contributed by atoms with Crippen molar-refractivity contribution < 1.29 is 18.8 Å². The smallest absolute Gasteiger partial charge is 0.337 e. The molecule has 3 aromatic carbocycles. The van der Waals surface area contributed by atoms with E-state index in [2.05, 4.69) is 5.16 Å². The van der Waals surface area contributed by atoms with Gasteiger partial charge in [-0.25, -0.2) is 4.79 Å². The highest BCUT2D eigenvalue weighted by Crippen LogP contribution is 2.46. The normalized spacial score (nSPS) is 13.2. The topological polar surface area (TPSA) is 61.6 Å². The van der Waals surface area contributed by atoms with Gasteiger partial charge in [0.1, 0.15) is 23.8 Å². The van der Waals surface area contributed by atoms with E-state index >= 15 is 0 Å². The number of methoxy groups -OCH3 is 1. The summed E-state index contributed by atoms with van der Waals surface area (Å²) < 4.78 is 16.6. The summed E-state index contributed by atoms with van der Waals surface area (Å²) in [5, 5.41) is 5.85. The van der Waals surface area contributed by atoms with Crippen LogP contribution in [0.3, 0.4) is 0 Å². The van der Waals surface area contributed by atoms with E-state index in [1.54, 1.807) is 36.4 Å². The molecule has 1 saturated carbocycles.